The third-order valence-corrected chi connectivity index (χ3v) is 7.57. The molecule has 2 aromatic rings. The highest BCUT2D eigenvalue weighted by Gasteiger charge is 2.33. The van der Waals surface area contributed by atoms with Gasteiger partial charge in [-0.15, -0.1) is 0 Å². The Bertz CT molecular complexity index is 983. The van der Waals surface area contributed by atoms with E-state index in [9.17, 15) is 18.5 Å². The van der Waals surface area contributed by atoms with Gasteiger partial charge in [0.1, 0.15) is 6.04 Å². The van der Waals surface area contributed by atoms with Gasteiger partial charge in [-0.2, -0.15) is 4.31 Å². The number of aryl methyl sites for hydroxylation is 2. The molecule has 7 nitrogen and oxygen atoms in total. The van der Waals surface area contributed by atoms with Gasteiger partial charge in [-0.05, 0) is 44.0 Å². The van der Waals surface area contributed by atoms with Crippen LogP contribution in [-0.4, -0.2) is 43.8 Å². The molecular formula is C20H26N3O4S+. The first kappa shape index (κ1) is 20.4. The molecule has 3 rings (SSSR count). The molecule has 1 aliphatic heterocycles. The fourth-order valence-electron chi connectivity index (χ4n) is 3.61. The second-order valence-electron chi connectivity index (χ2n) is 7.38. The van der Waals surface area contributed by atoms with E-state index in [1.807, 2.05) is 32.9 Å². The van der Waals surface area contributed by atoms with E-state index in [1.54, 1.807) is 28.6 Å². The van der Waals surface area contributed by atoms with Crippen LogP contribution < -0.4 is 4.90 Å². The van der Waals surface area contributed by atoms with Gasteiger partial charge in [-0.1, -0.05) is 18.2 Å². The van der Waals surface area contributed by atoms with Crippen molar-refractivity contribution < 1.29 is 18.2 Å². The zero-order valence-electron chi connectivity index (χ0n) is 16.4. The highest BCUT2D eigenvalue weighted by atomic mass is 32.2. The first-order valence-corrected chi connectivity index (χ1v) is 10.8. The van der Waals surface area contributed by atoms with E-state index in [0.29, 0.717) is 31.1 Å². The molecule has 1 atom stereocenters. The lowest BCUT2D eigenvalue weighted by molar-refractivity contribution is -0.933. The van der Waals surface area contributed by atoms with Gasteiger partial charge >= 0.3 is 0 Å². The van der Waals surface area contributed by atoms with Crippen LogP contribution in [0, 0.1) is 24.0 Å². The maximum absolute atomic E-state index is 13.0. The van der Waals surface area contributed by atoms with Crippen LogP contribution >= 0.6 is 0 Å². The molecule has 0 saturated carbocycles. The fourth-order valence-corrected chi connectivity index (χ4v) is 5.14. The molecule has 28 heavy (non-hydrogen) atoms. The summed E-state index contributed by atoms with van der Waals surface area (Å²) in [6.45, 7) is 8.10. The van der Waals surface area contributed by atoms with Crippen LogP contribution in [-0.2, 0) is 10.0 Å². The lowest BCUT2D eigenvalue weighted by atomic mass is 10.1. The van der Waals surface area contributed by atoms with Crippen molar-refractivity contribution in [3.63, 3.8) is 0 Å². The molecule has 0 aliphatic carbocycles. The number of nitrogens with zero attached hydrogens (tertiary/aromatic N) is 2. The highest BCUT2D eigenvalue weighted by Crippen LogP contribution is 2.20. The van der Waals surface area contributed by atoms with Crippen molar-refractivity contribution in [1.29, 1.82) is 0 Å². The minimum atomic E-state index is -3.50. The normalized spacial score (nSPS) is 17.4. The molecule has 1 fully saturated rings. The zero-order valence-corrected chi connectivity index (χ0v) is 17.2. The Hall–Kier alpha value is -2.29. The van der Waals surface area contributed by atoms with Crippen molar-refractivity contribution in [1.82, 2.24) is 4.31 Å². The molecule has 8 heteroatoms. The molecule has 0 amide bonds. The number of hydrogen-bond donors (Lipinski definition) is 1. The summed E-state index contributed by atoms with van der Waals surface area (Å²) in [5, 5.41) is 11.0. The van der Waals surface area contributed by atoms with Gasteiger partial charge < -0.3 is 4.90 Å². The Kier molecular flexibility index (Phi) is 5.83. The SMILES string of the molecule is Cc1ccc(S(=O)(=O)N2CC[NH+]([C@@H](C)c3cccc([N+](=O)[O-])c3)CC2)cc1C. The molecule has 150 valence electrons. The van der Waals surface area contributed by atoms with E-state index in [-0.39, 0.29) is 16.7 Å². The summed E-state index contributed by atoms with van der Waals surface area (Å²) in [6.07, 6.45) is 0. The summed E-state index contributed by atoms with van der Waals surface area (Å²) in [6, 6.07) is 12.0. The quantitative estimate of drug-likeness (QED) is 0.609. The first-order chi connectivity index (χ1) is 13.2. The van der Waals surface area contributed by atoms with Crippen molar-refractivity contribution in [2.45, 2.75) is 31.7 Å². The summed E-state index contributed by atoms with van der Waals surface area (Å²) < 4.78 is 27.5. The first-order valence-electron chi connectivity index (χ1n) is 9.36. The average Bonchev–Trinajstić information content (AvgIpc) is 2.69. The zero-order chi connectivity index (χ0) is 20.5. The monoisotopic (exact) mass is 404 g/mol. The number of quaternary nitrogens is 1. The van der Waals surface area contributed by atoms with Crippen LogP contribution in [0.2, 0.25) is 0 Å². The Morgan fingerprint density at radius 1 is 1.07 bits per heavy atom. The van der Waals surface area contributed by atoms with Crippen LogP contribution in [0.3, 0.4) is 0 Å². The molecule has 2 aromatic carbocycles. The summed E-state index contributed by atoms with van der Waals surface area (Å²) in [4.78, 5) is 12.2. The second-order valence-corrected chi connectivity index (χ2v) is 9.32. The molecule has 1 heterocycles. The number of nitro groups is 1. The van der Waals surface area contributed by atoms with Crippen LogP contribution in [0.25, 0.3) is 0 Å². The summed E-state index contributed by atoms with van der Waals surface area (Å²) in [5.41, 5.74) is 3.01. The molecule has 0 radical (unpaired) electrons. The second kappa shape index (κ2) is 7.98. The largest absolute Gasteiger partial charge is 0.327 e. The van der Waals surface area contributed by atoms with E-state index in [1.165, 1.54) is 11.0 Å². The topological polar surface area (TPSA) is 85.0 Å². The number of hydrogen-bond acceptors (Lipinski definition) is 4. The Morgan fingerprint density at radius 3 is 2.36 bits per heavy atom. The molecule has 1 aliphatic rings. The molecule has 0 unspecified atom stereocenters. The third-order valence-electron chi connectivity index (χ3n) is 5.67. The maximum Gasteiger partial charge on any atom is 0.269 e. The average molecular weight is 405 g/mol. The summed E-state index contributed by atoms with van der Waals surface area (Å²) >= 11 is 0. The van der Waals surface area contributed by atoms with Crippen molar-refractivity contribution >= 4 is 15.7 Å². The van der Waals surface area contributed by atoms with Gasteiger partial charge in [0, 0.05) is 17.7 Å². The van der Waals surface area contributed by atoms with E-state index < -0.39 is 10.0 Å². The van der Waals surface area contributed by atoms with Crippen molar-refractivity contribution in [3.05, 3.63) is 69.3 Å². The highest BCUT2D eigenvalue weighted by molar-refractivity contribution is 7.89. The van der Waals surface area contributed by atoms with Crippen molar-refractivity contribution in [3.8, 4) is 0 Å². The van der Waals surface area contributed by atoms with Gasteiger partial charge in [0.25, 0.3) is 5.69 Å². The number of nitrogens with one attached hydrogen (secondary N) is 1. The van der Waals surface area contributed by atoms with Gasteiger partial charge in [0.15, 0.2) is 0 Å². The minimum absolute atomic E-state index is 0.0615. The Labute approximate surface area is 165 Å². The number of non-ortho nitro benzene ring substituents is 1. The summed E-state index contributed by atoms with van der Waals surface area (Å²) in [7, 11) is -3.50. The molecule has 0 spiro atoms. The Balaban J connectivity index is 1.70. The predicted octanol–water partition coefficient (Wildman–Crippen LogP) is 1.86. The van der Waals surface area contributed by atoms with Crippen LogP contribution in [0.4, 0.5) is 5.69 Å². The number of rotatable bonds is 5. The molecule has 0 bridgehead atoms. The molecular weight excluding hydrogens is 378 g/mol. The lowest BCUT2D eigenvalue weighted by Gasteiger charge is -2.35. The Morgan fingerprint density at radius 2 is 1.75 bits per heavy atom. The van der Waals surface area contributed by atoms with Gasteiger partial charge in [-0.25, -0.2) is 8.42 Å². The number of benzene rings is 2. The van der Waals surface area contributed by atoms with E-state index in [4.69, 9.17) is 0 Å². The molecule has 0 aromatic heterocycles. The molecule has 1 saturated heterocycles. The number of sulfonamides is 1. The van der Waals surface area contributed by atoms with Crippen molar-refractivity contribution in [2.75, 3.05) is 26.2 Å². The van der Waals surface area contributed by atoms with Crippen LogP contribution in [0.15, 0.2) is 47.4 Å². The van der Waals surface area contributed by atoms with Gasteiger partial charge in [0.05, 0.1) is 36.0 Å². The number of nitro benzene ring substituents is 1. The lowest BCUT2D eigenvalue weighted by Crippen LogP contribution is -3.14. The van der Waals surface area contributed by atoms with Crippen molar-refractivity contribution in [2.24, 2.45) is 0 Å². The summed E-state index contributed by atoms with van der Waals surface area (Å²) in [5.74, 6) is 0. The maximum atomic E-state index is 13.0. The van der Waals surface area contributed by atoms with Gasteiger partial charge in [0.2, 0.25) is 10.0 Å². The smallest absolute Gasteiger partial charge is 0.269 e. The number of piperazine rings is 1. The predicted molar refractivity (Wildman–Crippen MR) is 107 cm³/mol. The van der Waals surface area contributed by atoms with Crippen LogP contribution in [0.1, 0.15) is 29.7 Å². The van der Waals surface area contributed by atoms with E-state index in [2.05, 4.69) is 0 Å². The fraction of sp³-hybridized carbons (Fsp3) is 0.400. The third kappa shape index (κ3) is 4.09. The standard InChI is InChI=1S/C20H25N3O4S/c1-15-7-8-20(13-16(15)2)28(26,27)22-11-9-21(10-12-22)17(3)18-5-4-6-19(14-18)23(24)25/h4-8,13-14,17H,9-12H2,1-3H3/p+1/t17-/m0/s1. The van der Waals surface area contributed by atoms with Crippen LogP contribution in [0.5, 0.6) is 0 Å². The van der Waals surface area contributed by atoms with Gasteiger partial charge in [-0.3, -0.25) is 10.1 Å². The minimum Gasteiger partial charge on any atom is -0.327 e. The van der Waals surface area contributed by atoms with E-state index in [0.717, 1.165) is 16.7 Å². The van der Waals surface area contributed by atoms with E-state index >= 15 is 0 Å². The molecule has 1 N–H and O–H groups in total.